The molecule has 1 atom stereocenters. The maximum Gasteiger partial charge on any atom is 0.287 e. The predicted molar refractivity (Wildman–Crippen MR) is 120 cm³/mol. The number of rotatable bonds is 5. The van der Waals surface area contributed by atoms with Crippen LogP contribution in [0.25, 0.3) is 11.0 Å². The largest absolute Gasteiger partial charge is 0.451 e. The lowest BCUT2D eigenvalue weighted by Gasteiger charge is -2.25. The minimum absolute atomic E-state index is 0. The van der Waals surface area contributed by atoms with Gasteiger partial charge in [-0.1, -0.05) is 41.4 Å². The van der Waals surface area contributed by atoms with Gasteiger partial charge in [0, 0.05) is 22.7 Å². The quantitative estimate of drug-likeness (QED) is 0.596. The third kappa shape index (κ3) is 5.11. The SMILES string of the molecule is Cc1cc2oc(C(=O)NCC(c3ccccc3Cl)N(C)C)cc(=O)c2cc1Cl.Cl. The van der Waals surface area contributed by atoms with Gasteiger partial charge in [0.25, 0.3) is 5.91 Å². The number of hydrogen-bond acceptors (Lipinski definition) is 4. The molecule has 0 bridgehead atoms. The Morgan fingerprint density at radius 3 is 2.48 bits per heavy atom. The number of benzene rings is 2. The van der Waals surface area contributed by atoms with Gasteiger partial charge in [-0.2, -0.15) is 0 Å². The lowest BCUT2D eigenvalue weighted by atomic mass is 10.1. The first-order valence-corrected chi connectivity index (χ1v) is 9.46. The average molecular weight is 456 g/mol. The minimum atomic E-state index is -0.467. The number of nitrogens with one attached hydrogen (secondary N) is 1. The lowest BCUT2D eigenvalue weighted by molar-refractivity contribution is 0.0914. The van der Waals surface area contributed by atoms with E-state index in [2.05, 4.69) is 5.32 Å². The Kier molecular flexibility index (Phi) is 7.72. The van der Waals surface area contributed by atoms with Crippen molar-refractivity contribution in [1.29, 1.82) is 0 Å². The van der Waals surface area contributed by atoms with Gasteiger partial charge in [0.05, 0.1) is 11.4 Å². The van der Waals surface area contributed by atoms with Gasteiger partial charge in [0.15, 0.2) is 11.2 Å². The Morgan fingerprint density at radius 1 is 1.14 bits per heavy atom. The topological polar surface area (TPSA) is 62.6 Å². The van der Waals surface area contributed by atoms with Gasteiger partial charge in [0.2, 0.25) is 0 Å². The molecule has 1 N–H and O–H groups in total. The Morgan fingerprint density at radius 2 is 1.83 bits per heavy atom. The zero-order valence-corrected chi connectivity index (χ0v) is 18.5. The van der Waals surface area contributed by atoms with E-state index in [0.717, 1.165) is 11.1 Å². The van der Waals surface area contributed by atoms with Crippen molar-refractivity contribution in [3.8, 4) is 0 Å². The highest BCUT2D eigenvalue weighted by molar-refractivity contribution is 6.32. The molecule has 1 unspecified atom stereocenters. The maximum atomic E-state index is 12.6. The van der Waals surface area contributed by atoms with Gasteiger partial charge in [-0.05, 0) is 50.3 Å². The van der Waals surface area contributed by atoms with Crippen LogP contribution in [0.1, 0.15) is 27.7 Å². The Hall–Kier alpha value is -2.05. The molecular formula is C21H21Cl3N2O3. The van der Waals surface area contributed by atoms with Crippen molar-refractivity contribution in [1.82, 2.24) is 10.2 Å². The first-order valence-electron chi connectivity index (χ1n) is 8.71. The molecule has 1 aromatic heterocycles. The molecule has 1 heterocycles. The van der Waals surface area contributed by atoms with E-state index >= 15 is 0 Å². The molecule has 0 radical (unpaired) electrons. The summed E-state index contributed by atoms with van der Waals surface area (Å²) in [5.41, 5.74) is 1.68. The second-order valence-corrected chi connectivity index (χ2v) is 7.60. The van der Waals surface area contributed by atoms with Gasteiger partial charge < -0.3 is 14.6 Å². The van der Waals surface area contributed by atoms with E-state index in [-0.39, 0.29) is 29.6 Å². The van der Waals surface area contributed by atoms with E-state index in [4.69, 9.17) is 27.6 Å². The van der Waals surface area contributed by atoms with E-state index < -0.39 is 5.91 Å². The van der Waals surface area contributed by atoms with Crippen LogP contribution >= 0.6 is 35.6 Å². The summed E-state index contributed by atoms with van der Waals surface area (Å²) >= 11 is 12.4. The smallest absolute Gasteiger partial charge is 0.287 e. The number of aryl methyl sites for hydroxylation is 1. The molecule has 5 nitrogen and oxygen atoms in total. The summed E-state index contributed by atoms with van der Waals surface area (Å²) in [6.45, 7) is 2.11. The molecule has 154 valence electrons. The molecule has 0 fully saturated rings. The molecule has 0 saturated carbocycles. The molecule has 0 spiro atoms. The fraction of sp³-hybridized carbons (Fsp3) is 0.238. The number of hydrogen-bond donors (Lipinski definition) is 1. The van der Waals surface area contributed by atoms with Gasteiger partial charge in [-0.3, -0.25) is 9.59 Å². The van der Waals surface area contributed by atoms with Gasteiger partial charge in [-0.25, -0.2) is 0 Å². The van der Waals surface area contributed by atoms with Crippen LogP contribution < -0.4 is 10.7 Å². The molecule has 29 heavy (non-hydrogen) atoms. The third-order valence-electron chi connectivity index (χ3n) is 4.58. The average Bonchev–Trinajstić information content (AvgIpc) is 2.64. The number of nitrogens with zero attached hydrogens (tertiary/aromatic N) is 1. The number of amides is 1. The van der Waals surface area contributed by atoms with Crippen LogP contribution in [0.2, 0.25) is 10.0 Å². The normalized spacial score (nSPS) is 11.9. The van der Waals surface area contributed by atoms with Crippen LogP contribution in [0.15, 0.2) is 51.7 Å². The number of likely N-dealkylation sites (N-methyl/N-ethyl adjacent to an activating group) is 1. The summed E-state index contributed by atoms with van der Waals surface area (Å²) < 4.78 is 5.65. The fourth-order valence-corrected chi connectivity index (χ4v) is 3.41. The van der Waals surface area contributed by atoms with Gasteiger partial charge in [-0.15, -0.1) is 12.4 Å². The predicted octanol–water partition coefficient (Wildman–Crippen LogP) is 4.86. The molecule has 0 aliphatic carbocycles. The fourth-order valence-electron chi connectivity index (χ4n) is 2.98. The van der Waals surface area contributed by atoms with Crippen molar-refractivity contribution in [3.63, 3.8) is 0 Å². The standard InChI is InChI=1S/C21H20Cl2N2O3.ClH/c1-12-8-19-14(9-16(12)23)18(26)10-20(28-19)21(27)24-11-17(25(2)3)13-6-4-5-7-15(13)22;/h4-10,17H,11H2,1-3H3,(H,24,27);1H. The summed E-state index contributed by atoms with van der Waals surface area (Å²) in [4.78, 5) is 26.9. The van der Waals surface area contributed by atoms with E-state index in [1.165, 1.54) is 6.07 Å². The first-order chi connectivity index (χ1) is 13.3. The zero-order valence-electron chi connectivity index (χ0n) is 16.2. The number of fused-ring (bicyclic) bond motifs is 1. The number of halogens is 3. The molecule has 0 saturated heterocycles. The lowest BCUT2D eigenvalue weighted by Crippen LogP contribution is -2.35. The van der Waals surface area contributed by atoms with Crippen molar-refractivity contribution in [3.05, 3.63) is 79.6 Å². The third-order valence-corrected chi connectivity index (χ3v) is 5.33. The molecule has 2 aromatic carbocycles. The van der Waals surface area contributed by atoms with E-state index in [9.17, 15) is 9.59 Å². The summed E-state index contributed by atoms with van der Waals surface area (Å²) in [6, 6.07) is 11.7. The number of carbonyl (C=O) groups excluding carboxylic acids is 1. The van der Waals surface area contributed by atoms with E-state index in [1.807, 2.05) is 43.3 Å². The zero-order chi connectivity index (χ0) is 20.4. The van der Waals surface area contributed by atoms with E-state index in [1.54, 1.807) is 19.1 Å². The summed E-state index contributed by atoms with van der Waals surface area (Å²) in [7, 11) is 3.81. The maximum absolute atomic E-state index is 12.6. The Labute approximate surface area is 185 Å². The Balaban J connectivity index is 0.00000300. The monoisotopic (exact) mass is 454 g/mol. The van der Waals surface area contributed by atoms with Crippen molar-refractivity contribution < 1.29 is 9.21 Å². The van der Waals surface area contributed by atoms with Gasteiger partial charge in [0.1, 0.15) is 5.58 Å². The molecular weight excluding hydrogens is 435 g/mol. The summed E-state index contributed by atoms with van der Waals surface area (Å²) in [5, 5.41) is 4.27. The van der Waals surface area contributed by atoms with Crippen LogP contribution in [-0.4, -0.2) is 31.4 Å². The molecule has 1 amide bonds. The van der Waals surface area contributed by atoms with Crippen LogP contribution in [0.5, 0.6) is 0 Å². The highest BCUT2D eigenvalue weighted by atomic mass is 35.5. The second-order valence-electron chi connectivity index (χ2n) is 6.78. The summed E-state index contributed by atoms with van der Waals surface area (Å²) in [5.74, 6) is -0.513. The molecule has 0 aliphatic rings. The van der Waals surface area contributed by atoms with Crippen LogP contribution in [0.4, 0.5) is 0 Å². The van der Waals surface area contributed by atoms with Crippen LogP contribution in [-0.2, 0) is 0 Å². The minimum Gasteiger partial charge on any atom is -0.451 e. The van der Waals surface area contributed by atoms with Crippen LogP contribution in [0.3, 0.4) is 0 Å². The Bertz CT molecular complexity index is 1100. The number of carbonyl (C=O) groups is 1. The highest BCUT2D eigenvalue weighted by Gasteiger charge is 2.20. The molecule has 8 heteroatoms. The molecule has 0 aliphatic heterocycles. The summed E-state index contributed by atoms with van der Waals surface area (Å²) in [6.07, 6.45) is 0. The second kappa shape index (κ2) is 9.63. The first kappa shape index (κ1) is 23.2. The molecule has 3 aromatic rings. The van der Waals surface area contributed by atoms with Crippen molar-refractivity contribution in [2.45, 2.75) is 13.0 Å². The molecule has 3 rings (SSSR count). The van der Waals surface area contributed by atoms with E-state index in [0.29, 0.717) is 27.6 Å². The van der Waals surface area contributed by atoms with Crippen molar-refractivity contribution >= 4 is 52.5 Å². The van der Waals surface area contributed by atoms with Crippen molar-refractivity contribution in [2.75, 3.05) is 20.6 Å². The van der Waals surface area contributed by atoms with Crippen molar-refractivity contribution in [2.24, 2.45) is 0 Å². The van der Waals surface area contributed by atoms with Crippen LogP contribution in [0, 0.1) is 6.92 Å². The van der Waals surface area contributed by atoms with Gasteiger partial charge >= 0.3 is 0 Å². The highest BCUT2D eigenvalue weighted by Crippen LogP contribution is 2.26.